The van der Waals surface area contributed by atoms with Gasteiger partial charge in [0.05, 0.1) is 32.6 Å². The van der Waals surface area contributed by atoms with Crippen LogP contribution in [-0.4, -0.2) is 39.8 Å². The van der Waals surface area contributed by atoms with E-state index >= 15 is 0 Å². The van der Waals surface area contributed by atoms with Gasteiger partial charge >= 0.3 is 5.97 Å². The van der Waals surface area contributed by atoms with Crippen molar-refractivity contribution in [2.24, 2.45) is 0 Å². The van der Waals surface area contributed by atoms with Gasteiger partial charge in [-0.2, -0.15) is 0 Å². The summed E-state index contributed by atoms with van der Waals surface area (Å²) in [4.78, 5) is 27.5. The van der Waals surface area contributed by atoms with E-state index in [0.717, 1.165) is 4.47 Å². The lowest BCUT2D eigenvalue weighted by atomic mass is 9.83. The van der Waals surface area contributed by atoms with E-state index in [-0.39, 0.29) is 18.9 Å². The van der Waals surface area contributed by atoms with Crippen LogP contribution in [0.2, 0.25) is 0 Å². The van der Waals surface area contributed by atoms with Gasteiger partial charge in [-0.25, -0.2) is 4.79 Å². The zero-order valence-electron chi connectivity index (χ0n) is 16.7. The fourth-order valence-corrected chi connectivity index (χ4v) is 4.42. The quantitative estimate of drug-likeness (QED) is 0.614. The van der Waals surface area contributed by atoms with Crippen molar-refractivity contribution in [3.63, 3.8) is 0 Å². The second kappa shape index (κ2) is 8.02. The minimum absolute atomic E-state index is 0.0402. The van der Waals surface area contributed by atoms with Gasteiger partial charge in [-0.15, -0.1) is 0 Å². The number of hydrogen-bond acceptors (Lipinski definition) is 6. The number of amides is 1. The van der Waals surface area contributed by atoms with Gasteiger partial charge in [0.15, 0.2) is 11.5 Å². The molecule has 2 aliphatic heterocycles. The third kappa shape index (κ3) is 3.21. The predicted molar refractivity (Wildman–Crippen MR) is 113 cm³/mol. The second-order valence-corrected chi connectivity index (χ2v) is 7.74. The summed E-state index contributed by atoms with van der Waals surface area (Å²) in [7, 11) is 4.56. The minimum atomic E-state index is -0.513. The zero-order valence-corrected chi connectivity index (χ0v) is 18.3. The minimum Gasteiger partial charge on any atom is -0.493 e. The summed E-state index contributed by atoms with van der Waals surface area (Å²) in [5.41, 5.74) is 2.36. The summed E-state index contributed by atoms with van der Waals surface area (Å²) in [5, 5.41) is 0. The molecule has 0 spiro atoms. The molecule has 1 amide bonds. The number of cyclic esters (lactones) is 1. The molecule has 0 saturated carbocycles. The molecular formula is C22H20BrNO6. The van der Waals surface area contributed by atoms with Crippen LogP contribution in [0.5, 0.6) is 17.2 Å². The Morgan fingerprint density at radius 3 is 2.47 bits per heavy atom. The van der Waals surface area contributed by atoms with Gasteiger partial charge in [0.1, 0.15) is 6.61 Å². The van der Waals surface area contributed by atoms with E-state index in [0.29, 0.717) is 39.8 Å². The molecule has 0 bridgehead atoms. The Hall–Kier alpha value is -3.00. The monoisotopic (exact) mass is 473 g/mol. The summed E-state index contributed by atoms with van der Waals surface area (Å²) in [6.07, 6.45) is 0.0896. The van der Waals surface area contributed by atoms with Crippen LogP contribution in [0.3, 0.4) is 0 Å². The molecule has 0 saturated heterocycles. The van der Waals surface area contributed by atoms with Crippen molar-refractivity contribution in [3.05, 3.63) is 57.7 Å². The number of nitrogens with zero attached hydrogens (tertiary/aromatic N) is 1. The van der Waals surface area contributed by atoms with Crippen molar-refractivity contribution < 1.29 is 28.5 Å². The third-order valence-electron chi connectivity index (χ3n) is 5.29. The summed E-state index contributed by atoms with van der Waals surface area (Å²) >= 11 is 3.44. The van der Waals surface area contributed by atoms with Crippen LogP contribution in [0.4, 0.5) is 5.69 Å². The molecule has 1 atom stereocenters. The molecule has 156 valence electrons. The van der Waals surface area contributed by atoms with Gasteiger partial charge in [-0.05, 0) is 24.3 Å². The maximum absolute atomic E-state index is 13.2. The number of ether oxygens (including phenoxy) is 4. The Bertz CT molecular complexity index is 1060. The van der Waals surface area contributed by atoms with Gasteiger partial charge < -0.3 is 18.9 Å². The van der Waals surface area contributed by atoms with Gasteiger partial charge in [0.25, 0.3) is 0 Å². The lowest BCUT2D eigenvalue weighted by molar-refractivity contribution is -0.136. The van der Waals surface area contributed by atoms with Crippen molar-refractivity contribution in [1.29, 1.82) is 0 Å². The van der Waals surface area contributed by atoms with Gasteiger partial charge in [-0.3, -0.25) is 9.69 Å². The first-order valence-electron chi connectivity index (χ1n) is 9.27. The summed E-state index contributed by atoms with van der Waals surface area (Å²) in [5.74, 6) is 0.260. The molecule has 2 aliphatic rings. The first-order chi connectivity index (χ1) is 14.5. The molecule has 30 heavy (non-hydrogen) atoms. The first kappa shape index (κ1) is 20.3. The van der Waals surface area contributed by atoms with Crippen LogP contribution in [-0.2, 0) is 14.3 Å². The molecule has 0 unspecified atom stereocenters. The maximum Gasteiger partial charge on any atom is 0.336 e. The Morgan fingerprint density at radius 2 is 1.80 bits per heavy atom. The highest BCUT2D eigenvalue weighted by molar-refractivity contribution is 9.10. The molecule has 0 fully saturated rings. The molecular weight excluding hydrogens is 454 g/mol. The summed E-state index contributed by atoms with van der Waals surface area (Å²) < 4.78 is 22.6. The number of rotatable bonds is 5. The van der Waals surface area contributed by atoms with Crippen molar-refractivity contribution in [1.82, 2.24) is 0 Å². The lowest BCUT2D eigenvalue weighted by Gasteiger charge is -2.32. The molecule has 2 aromatic carbocycles. The van der Waals surface area contributed by atoms with Crippen LogP contribution < -0.4 is 19.1 Å². The molecule has 2 heterocycles. The average molecular weight is 474 g/mol. The second-order valence-electron chi connectivity index (χ2n) is 6.83. The molecule has 2 aromatic rings. The first-order valence-corrected chi connectivity index (χ1v) is 10.1. The predicted octanol–water partition coefficient (Wildman–Crippen LogP) is 3.81. The van der Waals surface area contributed by atoms with E-state index in [1.165, 1.54) is 21.3 Å². The maximum atomic E-state index is 13.2. The third-order valence-corrected chi connectivity index (χ3v) is 5.79. The molecule has 7 nitrogen and oxygen atoms in total. The van der Waals surface area contributed by atoms with Crippen molar-refractivity contribution in [2.75, 3.05) is 32.8 Å². The fourth-order valence-electron chi connectivity index (χ4n) is 4.03. The van der Waals surface area contributed by atoms with E-state index in [2.05, 4.69) is 15.9 Å². The molecule has 4 rings (SSSR count). The Labute approximate surface area is 182 Å². The van der Waals surface area contributed by atoms with E-state index in [1.54, 1.807) is 17.0 Å². The Balaban J connectivity index is 1.88. The van der Waals surface area contributed by atoms with Crippen LogP contribution in [0.15, 0.2) is 52.1 Å². The highest BCUT2D eigenvalue weighted by Gasteiger charge is 2.44. The Morgan fingerprint density at radius 1 is 1.03 bits per heavy atom. The van der Waals surface area contributed by atoms with Crippen LogP contribution in [0, 0.1) is 0 Å². The SMILES string of the molecule is COc1ccc([C@@H]2CC(=O)N(c3cccc(Br)c3)C3=C2C(=O)OC3)c(OC)c1OC. The summed E-state index contributed by atoms with van der Waals surface area (Å²) in [6, 6.07) is 10.9. The number of benzene rings is 2. The van der Waals surface area contributed by atoms with E-state index < -0.39 is 11.9 Å². The zero-order chi connectivity index (χ0) is 21.4. The highest BCUT2D eigenvalue weighted by atomic mass is 79.9. The van der Waals surface area contributed by atoms with Crippen molar-refractivity contribution >= 4 is 33.5 Å². The van der Waals surface area contributed by atoms with E-state index in [9.17, 15) is 9.59 Å². The van der Waals surface area contributed by atoms with E-state index in [1.807, 2.05) is 24.3 Å². The number of halogens is 1. The summed E-state index contributed by atoms with van der Waals surface area (Å²) in [6.45, 7) is 0.0402. The van der Waals surface area contributed by atoms with Gasteiger partial charge in [0, 0.05) is 28.1 Å². The normalized spacial score (nSPS) is 18.3. The largest absolute Gasteiger partial charge is 0.493 e. The van der Waals surface area contributed by atoms with Crippen molar-refractivity contribution in [3.8, 4) is 17.2 Å². The lowest BCUT2D eigenvalue weighted by Crippen LogP contribution is -2.37. The highest BCUT2D eigenvalue weighted by Crippen LogP contribution is 2.49. The number of carbonyl (C=O) groups is 2. The van der Waals surface area contributed by atoms with Crippen LogP contribution in [0.25, 0.3) is 0 Å². The molecule has 0 aromatic heterocycles. The molecule has 8 heteroatoms. The van der Waals surface area contributed by atoms with Gasteiger partial charge in [0.2, 0.25) is 11.7 Å². The molecule has 0 aliphatic carbocycles. The van der Waals surface area contributed by atoms with Crippen LogP contribution >= 0.6 is 15.9 Å². The number of anilines is 1. The smallest absolute Gasteiger partial charge is 0.336 e. The van der Waals surface area contributed by atoms with Crippen LogP contribution in [0.1, 0.15) is 17.9 Å². The van der Waals surface area contributed by atoms with E-state index in [4.69, 9.17) is 18.9 Å². The standard InChI is InChI=1S/C22H20BrNO6/c1-27-17-8-7-14(20(28-2)21(17)29-3)15-10-18(25)24(13-6-4-5-12(23)9-13)16-11-30-22(26)19(15)16/h4-9,15H,10-11H2,1-3H3/t15-/m0/s1. The van der Waals surface area contributed by atoms with Gasteiger partial charge in [-0.1, -0.05) is 28.1 Å². The molecule has 0 radical (unpaired) electrons. The number of methoxy groups -OCH3 is 3. The number of carbonyl (C=O) groups excluding carboxylic acids is 2. The average Bonchev–Trinajstić information content (AvgIpc) is 3.13. The van der Waals surface area contributed by atoms with Crippen molar-refractivity contribution in [2.45, 2.75) is 12.3 Å². The molecule has 0 N–H and O–H groups in total. The fraction of sp³-hybridized carbons (Fsp3) is 0.273. The number of hydrogen-bond donors (Lipinski definition) is 0. The number of esters is 1. The topological polar surface area (TPSA) is 74.3 Å². The Kier molecular flexibility index (Phi) is 5.42.